The Morgan fingerprint density at radius 1 is 0.365 bits per heavy atom. The summed E-state index contributed by atoms with van der Waals surface area (Å²) >= 11 is 0. The molecule has 1 heterocycles. The van der Waals surface area contributed by atoms with Crippen LogP contribution in [0.1, 0.15) is 65.3 Å². The Kier molecular flexibility index (Phi) is 16.2. The Bertz CT molecular complexity index is 2510. The molecule has 74 heavy (non-hydrogen) atoms. The number of halogens is 24. The summed E-state index contributed by atoms with van der Waals surface area (Å²) in [5.74, 6) is 0. The van der Waals surface area contributed by atoms with Gasteiger partial charge in [0.15, 0.2) is 18.9 Å². The molecule has 0 radical (unpaired) electrons. The van der Waals surface area contributed by atoms with Crippen LogP contribution in [0.3, 0.4) is 0 Å². The minimum atomic E-state index is -6.13. The second-order valence-electron chi connectivity index (χ2n) is 17.1. The van der Waals surface area contributed by atoms with Gasteiger partial charge in [0.1, 0.15) is 23.9 Å². The lowest BCUT2D eigenvalue weighted by molar-refractivity contribution is -0.690. The molecular weight excluding hydrogens is 1060 g/mol. The van der Waals surface area contributed by atoms with Gasteiger partial charge < -0.3 is 0 Å². The quantitative estimate of drug-likeness (QED) is 0.0736. The maximum atomic E-state index is 14.2. The van der Waals surface area contributed by atoms with Gasteiger partial charge in [-0.25, -0.2) is 4.57 Å². The molecule has 3 nitrogen and oxygen atoms in total. The van der Waals surface area contributed by atoms with E-state index in [2.05, 4.69) is 0 Å². The number of nitrogens with zero attached hydrogens (tertiary/aromatic N) is 3. The molecule has 0 amide bonds. The third-order valence-corrected chi connectivity index (χ3v) is 11.0. The predicted molar refractivity (Wildman–Crippen MR) is 214 cm³/mol. The minimum absolute atomic E-state index is 0.191. The van der Waals surface area contributed by atoms with Crippen LogP contribution in [0.5, 0.6) is 0 Å². The average molecular weight is 1090 g/mol. The summed E-state index contributed by atoms with van der Waals surface area (Å²) in [5, 5.41) is 18.0. The smallest absolute Gasteiger partial charge is 0.201 e. The van der Waals surface area contributed by atoms with Gasteiger partial charge in [0.25, 0.3) is 0 Å². The summed E-state index contributed by atoms with van der Waals surface area (Å²) in [5.41, 5.74) is -29.3. The molecule has 398 valence electrons. The monoisotopic (exact) mass is 1090 g/mol. The fraction of sp³-hybridized carbons (Fsp3) is 0.283. The number of pyridine rings is 1. The fourth-order valence-electron chi connectivity index (χ4n) is 7.64. The van der Waals surface area contributed by atoms with Crippen molar-refractivity contribution in [1.82, 2.24) is 0 Å². The Morgan fingerprint density at radius 3 is 0.730 bits per heavy atom. The molecule has 0 fully saturated rings. The van der Waals surface area contributed by atoms with Gasteiger partial charge in [-0.15, -0.1) is 0 Å². The van der Waals surface area contributed by atoms with E-state index in [1.165, 1.54) is 0 Å². The van der Waals surface area contributed by atoms with Crippen LogP contribution in [0.15, 0.2) is 115 Å². The Balaban J connectivity index is 0.000000589. The lowest BCUT2D eigenvalue weighted by atomic mass is 9.12. The van der Waals surface area contributed by atoms with E-state index in [-0.39, 0.29) is 11.0 Å². The van der Waals surface area contributed by atoms with E-state index in [9.17, 15) is 105 Å². The van der Waals surface area contributed by atoms with Gasteiger partial charge in [0.2, 0.25) is 0 Å². The largest absolute Gasteiger partial charge is 0.416 e. The predicted octanol–water partition coefficient (Wildman–Crippen LogP) is 13.6. The highest BCUT2D eigenvalue weighted by atomic mass is 19.4. The third kappa shape index (κ3) is 13.8. The second kappa shape index (κ2) is 20.1. The number of benzene rings is 4. The Hall–Kier alpha value is -6.87. The van der Waals surface area contributed by atoms with E-state index in [0.717, 1.165) is 5.57 Å². The number of rotatable bonds is 6. The van der Waals surface area contributed by atoms with Crippen molar-refractivity contribution in [3.63, 3.8) is 0 Å². The van der Waals surface area contributed by atoms with Crippen molar-refractivity contribution in [3.8, 4) is 12.1 Å². The first-order valence-corrected chi connectivity index (χ1v) is 20.1. The first-order chi connectivity index (χ1) is 33.2. The summed E-state index contributed by atoms with van der Waals surface area (Å²) in [6.07, 6.45) is -50.9. The highest BCUT2D eigenvalue weighted by Gasteiger charge is 2.47. The molecule has 4 aromatic carbocycles. The first-order valence-electron chi connectivity index (χ1n) is 20.1. The Labute approximate surface area is 401 Å². The molecule has 0 unspecified atom stereocenters. The molecule has 1 aromatic heterocycles. The SMILES string of the molecule is CC(C)(C)C(C[n+]1ccccc1)=C(C#N)C#N.FC(F)(F)c1cc([B-](c2cc(C(F)(F)F)cc(C(F)(F)F)c2)(c2cc(C(F)(F)F)cc(C(F)(F)F)c2)c2cc(C(F)(F)F)cc(C(F)(F)F)c2)cc(C(F)(F)F)c1. The molecule has 0 bridgehead atoms. The van der Waals surface area contributed by atoms with E-state index in [0.29, 0.717) is 6.54 Å². The van der Waals surface area contributed by atoms with Gasteiger partial charge in [-0.2, -0.15) is 138 Å². The molecule has 0 saturated heterocycles. The summed E-state index contributed by atoms with van der Waals surface area (Å²) in [7, 11) is 0. The van der Waals surface area contributed by atoms with Crippen LogP contribution < -0.4 is 26.4 Å². The number of aromatic nitrogens is 1. The van der Waals surface area contributed by atoms with Gasteiger partial charge in [0, 0.05) is 17.7 Å². The van der Waals surface area contributed by atoms with E-state index in [4.69, 9.17) is 10.5 Å². The molecule has 0 aliphatic carbocycles. The molecule has 0 spiro atoms. The van der Waals surface area contributed by atoms with Crippen molar-refractivity contribution in [2.75, 3.05) is 0 Å². The second-order valence-corrected chi connectivity index (χ2v) is 17.1. The molecular formula is C46H28BF24N3. The van der Waals surface area contributed by atoms with Crippen LogP contribution in [0.2, 0.25) is 0 Å². The number of allylic oxidation sites excluding steroid dienone is 2. The number of hydrogen-bond donors (Lipinski definition) is 0. The van der Waals surface area contributed by atoms with Crippen LogP contribution in [0, 0.1) is 28.1 Å². The normalized spacial score (nSPS) is 13.4. The third-order valence-electron chi connectivity index (χ3n) is 11.0. The molecule has 0 aliphatic heterocycles. The van der Waals surface area contributed by atoms with Crippen molar-refractivity contribution in [3.05, 3.63) is 159 Å². The number of alkyl halides is 24. The van der Waals surface area contributed by atoms with Gasteiger partial charge in [-0.1, -0.05) is 75.4 Å². The number of hydrogen-bond acceptors (Lipinski definition) is 2. The zero-order valence-corrected chi connectivity index (χ0v) is 37.0. The number of nitriles is 2. The van der Waals surface area contributed by atoms with Crippen LogP contribution in [-0.4, -0.2) is 6.15 Å². The molecule has 0 saturated carbocycles. The van der Waals surface area contributed by atoms with Crippen molar-refractivity contribution >= 4 is 28.0 Å². The van der Waals surface area contributed by atoms with Gasteiger partial charge >= 0.3 is 49.4 Å². The standard InChI is InChI=1S/C32H12BF24.C14H16N3/c34-25(35,36)13-1-14(26(37,38)39)6-21(5-13)33(22-7-15(27(40,41)42)2-16(8-22)28(43,44)45,23-9-17(29(46,47)48)3-18(10-23)30(49,50)51)24-11-19(31(52,53)54)4-20(12-24)32(55,56)57;1-14(2,3)13(12(9-15)10-16)11-17-7-5-4-6-8-17/h1-12H;4-8H,11H2,1-3H3/q-1;+1. The summed E-state index contributed by atoms with van der Waals surface area (Å²) in [6.45, 7) is 6.61. The summed E-state index contributed by atoms with van der Waals surface area (Å²) in [4.78, 5) is 0. The van der Waals surface area contributed by atoms with Crippen LogP contribution in [-0.2, 0) is 56.0 Å². The zero-order valence-electron chi connectivity index (χ0n) is 37.0. The van der Waals surface area contributed by atoms with Gasteiger partial charge in [-0.05, 0) is 29.7 Å². The summed E-state index contributed by atoms with van der Waals surface area (Å²) < 4.78 is 343. The van der Waals surface area contributed by atoms with Crippen molar-refractivity contribution in [2.24, 2.45) is 5.41 Å². The van der Waals surface area contributed by atoms with Gasteiger partial charge in [-0.3, -0.25) is 0 Å². The van der Waals surface area contributed by atoms with E-state index < -0.39 is 195 Å². The highest BCUT2D eigenvalue weighted by molar-refractivity contribution is 7.20. The van der Waals surface area contributed by atoms with Gasteiger partial charge in [0.05, 0.1) is 44.5 Å². The van der Waals surface area contributed by atoms with E-state index >= 15 is 0 Å². The minimum Gasteiger partial charge on any atom is -0.201 e. The summed E-state index contributed by atoms with van der Waals surface area (Å²) in [6, 6.07) is 0.953. The van der Waals surface area contributed by atoms with Crippen LogP contribution >= 0.6 is 0 Å². The average Bonchev–Trinajstić information content (AvgIpc) is 3.24. The van der Waals surface area contributed by atoms with E-state index in [1.54, 1.807) is 0 Å². The molecule has 5 aromatic rings. The lowest BCUT2D eigenvalue weighted by Gasteiger charge is -2.46. The molecule has 0 N–H and O–H groups in total. The van der Waals surface area contributed by atoms with Crippen molar-refractivity contribution in [2.45, 2.75) is 76.7 Å². The van der Waals surface area contributed by atoms with Crippen LogP contribution in [0.25, 0.3) is 0 Å². The van der Waals surface area contributed by atoms with Crippen molar-refractivity contribution < 1.29 is 110 Å². The molecule has 0 atom stereocenters. The zero-order chi connectivity index (χ0) is 56.8. The van der Waals surface area contributed by atoms with E-state index in [1.807, 2.05) is 68.1 Å². The van der Waals surface area contributed by atoms with Crippen molar-refractivity contribution in [1.29, 1.82) is 10.5 Å². The first kappa shape index (κ1) is 59.7. The fourth-order valence-corrected chi connectivity index (χ4v) is 7.64. The topological polar surface area (TPSA) is 51.5 Å². The maximum Gasteiger partial charge on any atom is 0.416 e. The lowest BCUT2D eigenvalue weighted by Crippen LogP contribution is -2.75. The van der Waals surface area contributed by atoms with Crippen LogP contribution in [0.4, 0.5) is 105 Å². The highest BCUT2D eigenvalue weighted by Crippen LogP contribution is 2.41. The maximum absolute atomic E-state index is 14.2. The molecule has 5 rings (SSSR count). The Morgan fingerprint density at radius 2 is 0.568 bits per heavy atom. The molecule has 28 heteroatoms. The molecule has 0 aliphatic rings.